The molecule has 2 heterocycles. The van der Waals surface area contributed by atoms with Gasteiger partial charge in [-0.05, 0) is 31.6 Å². The third-order valence-electron chi connectivity index (χ3n) is 4.59. The van der Waals surface area contributed by atoms with E-state index in [2.05, 4.69) is 65.2 Å². The van der Waals surface area contributed by atoms with Gasteiger partial charge in [-0.2, -0.15) is 5.10 Å². The minimum atomic E-state index is 0.356. The van der Waals surface area contributed by atoms with Crippen molar-refractivity contribution in [3.05, 3.63) is 53.1 Å². The number of piperazine rings is 1. The summed E-state index contributed by atoms with van der Waals surface area (Å²) in [4.78, 5) is 4.91. The minimum Gasteiger partial charge on any atom is -0.304 e. The Morgan fingerprint density at radius 2 is 1.76 bits per heavy atom. The zero-order chi connectivity index (χ0) is 17.6. The Labute approximate surface area is 155 Å². The van der Waals surface area contributed by atoms with Crippen LogP contribution in [-0.4, -0.2) is 56.9 Å². The first-order chi connectivity index (χ1) is 12.1. The Morgan fingerprint density at radius 1 is 1.08 bits per heavy atom. The maximum absolute atomic E-state index is 5.51. The summed E-state index contributed by atoms with van der Waals surface area (Å²) in [7, 11) is 0. The molecule has 25 heavy (non-hydrogen) atoms. The molecule has 0 atom stereocenters. The molecule has 0 unspecified atom stereocenters. The zero-order valence-corrected chi connectivity index (χ0v) is 15.9. The van der Waals surface area contributed by atoms with Gasteiger partial charge >= 0.3 is 0 Å². The van der Waals surface area contributed by atoms with Crippen molar-refractivity contribution < 1.29 is 0 Å². The van der Waals surface area contributed by atoms with Crippen LogP contribution >= 0.6 is 12.2 Å². The summed E-state index contributed by atoms with van der Waals surface area (Å²) < 4.78 is 4.78. The van der Waals surface area contributed by atoms with Gasteiger partial charge in [0, 0.05) is 38.8 Å². The normalized spacial score (nSPS) is 16.9. The van der Waals surface area contributed by atoms with E-state index in [9.17, 15) is 0 Å². The fourth-order valence-electron chi connectivity index (χ4n) is 3.01. The molecule has 0 radical (unpaired) electrons. The molecule has 134 valence electrons. The molecule has 5 nitrogen and oxygen atoms in total. The average Bonchev–Trinajstić information content (AvgIpc) is 2.98. The molecule has 1 aromatic heterocycles. The van der Waals surface area contributed by atoms with Crippen molar-refractivity contribution in [2.24, 2.45) is 0 Å². The molecule has 2 aromatic rings. The molecule has 0 bridgehead atoms. The quantitative estimate of drug-likeness (QED) is 0.742. The van der Waals surface area contributed by atoms with Crippen molar-refractivity contribution >= 4 is 18.3 Å². The molecule has 0 aliphatic carbocycles. The van der Waals surface area contributed by atoms with Gasteiger partial charge in [-0.1, -0.05) is 42.5 Å². The van der Waals surface area contributed by atoms with Crippen molar-refractivity contribution in [2.75, 3.05) is 32.7 Å². The van der Waals surface area contributed by atoms with Crippen LogP contribution < -0.4 is 0 Å². The molecule has 1 fully saturated rings. The van der Waals surface area contributed by atoms with E-state index in [4.69, 9.17) is 12.2 Å². The molecule has 1 aromatic carbocycles. The van der Waals surface area contributed by atoms with Crippen LogP contribution in [0.15, 0.2) is 42.7 Å². The molecule has 0 saturated carbocycles. The Morgan fingerprint density at radius 3 is 2.40 bits per heavy atom. The molecule has 0 spiro atoms. The van der Waals surface area contributed by atoms with Crippen molar-refractivity contribution in [1.29, 1.82) is 0 Å². The molecule has 3 rings (SSSR count). The lowest BCUT2D eigenvalue weighted by Gasteiger charge is -2.33. The summed E-state index contributed by atoms with van der Waals surface area (Å²) >= 11 is 5.51. The van der Waals surface area contributed by atoms with Crippen LogP contribution in [0.25, 0.3) is 6.08 Å². The number of rotatable bonds is 6. The van der Waals surface area contributed by atoms with Gasteiger partial charge < -0.3 is 4.57 Å². The summed E-state index contributed by atoms with van der Waals surface area (Å²) in [5.41, 5.74) is 1.26. The van der Waals surface area contributed by atoms with E-state index in [0.717, 1.165) is 44.2 Å². The van der Waals surface area contributed by atoms with Gasteiger partial charge in [0.1, 0.15) is 6.33 Å². The Hall–Kier alpha value is -1.76. The maximum atomic E-state index is 5.51. The zero-order valence-electron chi connectivity index (χ0n) is 15.1. The predicted molar refractivity (Wildman–Crippen MR) is 105 cm³/mol. The largest absolute Gasteiger partial charge is 0.304 e. The molecule has 0 N–H and O–H groups in total. The van der Waals surface area contributed by atoms with Gasteiger partial charge in [-0.3, -0.25) is 9.80 Å². The second-order valence-corrected chi connectivity index (χ2v) is 7.15. The first-order valence-corrected chi connectivity index (χ1v) is 9.34. The first-order valence-electron chi connectivity index (χ1n) is 8.94. The molecule has 6 heteroatoms. The van der Waals surface area contributed by atoms with E-state index in [0.29, 0.717) is 6.04 Å². The molecule has 1 saturated heterocycles. The SMILES string of the molecule is CC(C)n1cnn(CN2CCN(C/C=C/c3ccccc3)CC2)c1=S. The van der Waals surface area contributed by atoms with E-state index in [-0.39, 0.29) is 0 Å². The van der Waals surface area contributed by atoms with Crippen LogP contribution in [0, 0.1) is 4.77 Å². The highest BCUT2D eigenvalue weighted by atomic mass is 32.1. The average molecular weight is 358 g/mol. The molecule has 1 aliphatic rings. The third kappa shape index (κ3) is 4.87. The number of hydrogen-bond donors (Lipinski definition) is 0. The van der Waals surface area contributed by atoms with Crippen LogP contribution in [0.5, 0.6) is 0 Å². The second-order valence-electron chi connectivity index (χ2n) is 6.79. The van der Waals surface area contributed by atoms with E-state index in [1.807, 2.05) is 21.6 Å². The maximum Gasteiger partial charge on any atom is 0.199 e. The summed E-state index contributed by atoms with van der Waals surface area (Å²) in [5.74, 6) is 0. The van der Waals surface area contributed by atoms with Crippen LogP contribution in [-0.2, 0) is 6.67 Å². The monoisotopic (exact) mass is 357 g/mol. The van der Waals surface area contributed by atoms with Crippen LogP contribution in [0.2, 0.25) is 0 Å². The first kappa shape index (κ1) is 18.0. The number of hydrogen-bond acceptors (Lipinski definition) is 4. The minimum absolute atomic E-state index is 0.356. The second kappa shape index (κ2) is 8.56. The standard InChI is InChI=1S/C19H27N5S/c1-17(2)23-15-20-24(19(23)25)16-22-13-11-21(12-14-22)10-6-9-18-7-4-3-5-8-18/h3-9,15,17H,10-14,16H2,1-2H3/b9-6+. The number of benzene rings is 1. The van der Waals surface area contributed by atoms with Crippen molar-refractivity contribution in [3.8, 4) is 0 Å². The summed E-state index contributed by atoms with van der Waals surface area (Å²) in [6, 6.07) is 10.8. The topological polar surface area (TPSA) is 29.2 Å². The van der Waals surface area contributed by atoms with E-state index in [1.165, 1.54) is 5.56 Å². The molecular weight excluding hydrogens is 330 g/mol. The number of aromatic nitrogens is 3. The van der Waals surface area contributed by atoms with Gasteiger partial charge in [-0.15, -0.1) is 0 Å². The Balaban J connectivity index is 1.46. The lowest BCUT2D eigenvalue weighted by molar-refractivity contribution is 0.110. The van der Waals surface area contributed by atoms with Gasteiger partial charge in [0.25, 0.3) is 0 Å². The molecular formula is C19H27N5S. The van der Waals surface area contributed by atoms with E-state index < -0.39 is 0 Å². The summed E-state index contributed by atoms with van der Waals surface area (Å²) in [6.07, 6.45) is 6.30. The molecule has 0 amide bonds. The third-order valence-corrected chi connectivity index (χ3v) is 5.01. The van der Waals surface area contributed by atoms with Gasteiger partial charge in [0.2, 0.25) is 0 Å². The van der Waals surface area contributed by atoms with Crippen molar-refractivity contribution in [3.63, 3.8) is 0 Å². The summed E-state index contributed by atoms with van der Waals surface area (Å²) in [5, 5.41) is 4.44. The van der Waals surface area contributed by atoms with Gasteiger partial charge in [0.15, 0.2) is 4.77 Å². The molecule has 1 aliphatic heterocycles. The smallest absolute Gasteiger partial charge is 0.199 e. The lowest BCUT2D eigenvalue weighted by atomic mass is 10.2. The lowest BCUT2D eigenvalue weighted by Crippen LogP contribution is -2.46. The summed E-state index contributed by atoms with van der Waals surface area (Å²) in [6.45, 7) is 10.3. The number of nitrogens with zero attached hydrogens (tertiary/aromatic N) is 5. The highest BCUT2D eigenvalue weighted by Crippen LogP contribution is 2.08. The van der Waals surface area contributed by atoms with E-state index in [1.54, 1.807) is 0 Å². The van der Waals surface area contributed by atoms with Crippen LogP contribution in [0.3, 0.4) is 0 Å². The Kier molecular flexibility index (Phi) is 6.18. The van der Waals surface area contributed by atoms with Crippen molar-refractivity contribution in [2.45, 2.75) is 26.6 Å². The predicted octanol–water partition coefficient (Wildman–Crippen LogP) is 3.28. The van der Waals surface area contributed by atoms with Crippen LogP contribution in [0.1, 0.15) is 25.5 Å². The highest BCUT2D eigenvalue weighted by molar-refractivity contribution is 7.71. The Bertz CT molecular complexity index is 739. The van der Waals surface area contributed by atoms with Crippen LogP contribution in [0.4, 0.5) is 0 Å². The van der Waals surface area contributed by atoms with Gasteiger partial charge in [0.05, 0.1) is 6.67 Å². The highest BCUT2D eigenvalue weighted by Gasteiger charge is 2.17. The van der Waals surface area contributed by atoms with Crippen molar-refractivity contribution in [1.82, 2.24) is 24.1 Å². The van der Waals surface area contributed by atoms with Gasteiger partial charge in [-0.25, -0.2) is 4.68 Å². The fourth-order valence-corrected chi connectivity index (χ4v) is 3.37. The van der Waals surface area contributed by atoms with E-state index >= 15 is 0 Å². The fraction of sp³-hybridized carbons (Fsp3) is 0.474.